The van der Waals surface area contributed by atoms with Crippen LogP contribution in [0.25, 0.3) is 10.8 Å². The molecule has 1 saturated heterocycles. The van der Waals surface area contributed by atoms with Gasteiger partial charge in [-0.15, -0.1) is 0 Å². The summed E-state index contributed by atoms with van der Waals surface area (Å²) in [5, 5.41) is 11.0. The molecule has 1 fully saturated rings. The largest absolute Gasteiger partial charge is 0.392 e. The fourth-order valence-corrected chi connectivity index (χ4v) is 4.66. The van der Waals surface area contributed by atoms with E-state index in [9.17, 15) is 8.42 Å². The Balaban J connectivity index is 1.50. The van der Waals surface area contributed by atoms with Crippen LogP contribution in [0, 0.1) is 0 Å². The molecule has 7 nitrogen and oxygen atoms in total. The summed E-state index contributed by atoms with van der Waals surface area (Å²) in [7, 11) is -3.54. The summed E-state index contributed by atoms with van der Waals surface area (Å²) < 4.78 is 27.5. The van der Waals surface area contributed by atoms with Gasteiger partial charge < -0.3 is 10.0 Å². The topological polar surface area (TPSA) is 86.6 Å². The number of benzene rings is 2. The number of nitrogens with zero attached hydrogens (tertiary/aromatic N) is 4. The van der Waals surface area contributed by atoms with Crippen molar-refractivity contribution in [2.24, 2.45) is 0 Å². The standard InChI is InChI=1S/C19H20N4O3S/c24-14-15-12-20-19(21-13-15)22-7-9-23(10-8-22)27(25,26)18-6-5-16-3-1-2-4-17(16)11-18/h1-6,11-13,24H,7-10,14H2. The average Bonchev–Trinajstić information content (AvgIpc) is 2.73. The molecule has 2 heterocycles. The first-order valence-electron chi connectivity index (χ1n) is 8.73. The van der Waals surface area contributed by atoms with Crippen molar-refractivity contribution >= 4 is 26.7 Å². The van der Waals surface area contributed by atoms with Gasteiger partial charge in [-0.05, 0) is 22.9 Å². The van der Waals surface area contributed by atoms with Gasteiger partial charge in [-0.25, -0.2) is 18.4 Å². The smallest absolute Gasteiger partial charge is 0.243 e. The zero-order valence-corrected chi connectivity index (χ0v) is 15.5. The second-order valence-corrected chi connectivity index (χ2v) is 8.39. The number of hydrogen-bond acceptors (Lipinski definition) is 6. The summed E-state index contributed by atoms with van der Waals surface area (Å²) in [6.07, 6.45) is 3.17. The van der Waals surface area contributed by atoms with Crippen LogP contribution < -0.4 is 4.90 Å². The van der Waals surface area contributed by atoms with Gasteiger partial charge in [0.2, 0.25) is 16.0 Å². The maximum atomic E-state index is 13.0. The molecule has 0 radical (unpaired) electrons. The maximum absolute atomic E-state index is 13.0. The Kier molecular flexibility index (Phi) is 4.77. The highest BCUT2D eigenvalue weighted by Crippen LogP contribution is 2.23. The Morgan fingerprint density at radius 2 is 1.59 bits per heavy atom. The monoisotopic (exact) mass is 384 g/mol. The number of sulfonamides is 1. The fraction of sp³-hybridized carbons (Fsp3) is 0.263. The van der Waals surface area contributed by atoms with Crippen molar-refractivity contribution in [1.29, 1.82) is 0 Å². The van der Waals surface area contributed by atoms with E-state index in [1.807, 2.05) is 35.2 Å². The third kappa shape index (κ3) is 3.51. The van der Waals surface area contributed by atoms with Gasteiger partial charge in [0, 0.05) is 44.1 Å². The van der Waals surface area contributed by atoms with E-state index in [0.717, 1.165) is 10.8 Å². The Morgan fingerprint density at radius 3 is 2.26 bits per heavy atom. The molecule has 0 spiro atoms. The molecule has 3 aromatic rings. The van der Waals surface area contributed by atoms with E-state index in [1.165, 1.54) is 4.31 Å². The summed E-state index contributed by atoms with van der Waals surface area (Å²) in [6.45, 7) is 1.69. The number of aromatic nitrogens is 2. The molecule has 8 heteroatoms. The maximum Gasteiger partial charge on any atom is 0.243 e. The zero-order valence-electron chi connectivity index (χ0n) is 14.7. The van der Waals surface area contributed by atoms with E-state index in [1.54, 1.807) is 24.5 Å². The molecule has 0 saturated carbocycles. The van der Waals surface area contributed by atoms with E-state index >= 15 is 0 Å². The van der Waals surface area contributed by atoms with E-state index in [-0.39, 0.29) is 6.61 Å². The van der Waals surface area contributed by atoms with Gasteiger partial charge in [0.25, 0.3) is 0 Å². The Morgan fingerprint density at radius 1 is 0.926 bits per heavy atom. The number of fused-ring (bicyclic) bond motifs is 1. The minimum Gasteiger partial charge on any atom is -0.392 e. The lowest BCUT2D eigenvalue weighted by Crippen LogP contribution is -2.49. The minimum atomic E-state index is -3.54. The number of hydrogen-bond donors (Lipinski definition) is 1. The highest BCUT2D eigenvalue weighted by Gasteiger charge is 2.29. The molecule has 27 heavy (non-hydrogen) atoms. The van der Waals surface area contributed by atoms with Gasteiger partial charge in [-0.1, -0.05) is 30.3 Å². The summed E-state index contributed by atoms with van der Waals surface area (Å²) >= 11 is 0. The van der Waals surface area contributed by atoms with Gasteiger partial charge in [-0.2, -0.15) is 4.31 Å². The lowest BCUT2D eigenvalue weighted by atomic mass is 10.1. The van der Waals surface area contributed by atoms with Gasteiger partial charge in [0.1, 0.15) is 0 Å². The van der Waals surface area contributed by atoms with Gasteiger partial charge in [0.15, 0.2) is 0 Å². The average molecular weight is 384 g/mol. The molecule has 4 rings (SSSR count). The second kappa shape index (κ2) is 7.22. The minimum absolute atomic E-state index is 0.0991. The van der Waals surface area contributed by atoms with Gasteiger partial charge in [0.05, 0.1) is 11.5 Å². The lowest BCUT2D eigenvalue weighted by Gasteiger charge is -2.34. The summed E-state index contributed by atoms with van der Waals surface area (Å²) in [4.78, 5) is 10.7. The van der Waals surface area contributed by atoms with Crippen LogP contribution in [0.15, 0.2) is 59.8 Å². The molecular formula is C19H20N4O3S. The van der Waals surface area contributed by atoms with Gasteiger partial charge >= 0.3 is 0 Å². The number of aliphatic hydroxyl groups is 1. The first-order chi connectivity index (χ1) is 13.1. The van der Waals surface area contributed by atoms with Crippen molar-refractivity contribution in [2.75, 3.05) is 31.1 Å². The highest BCUT2D eigenvalue weighted by atomic mass is 32.2. The van der Waals surface area contributed by atoms with Crippen molar-refractivity contribution in [3.05, 3.63) is 60.4 Å². The number of piperazine rings is 1. The highest BCUT2D eigenvalue weighted by molar-refractivity contribution is 7.89. The fourth-order valence-electron chi connectivity index (χ4n) is 3.20. The zero-order chi connectivity index (χ0) is 18.9. The van der Waals surface area contributed by atoms with Crippen molar-refractivity contribution in [1.82, 2.24) is 14.3 Å². The molecular weight excluding hydrogens is 364 g/mol. The molecule has 0 atom stereocenters. The first-order valence-corrected chi connectivity index (χ1v) is 10.2. The molecule has 0 bridgehead atoms. The number of anilines is 1. The molecule has 1 aliphatic heterocycles. The Hall–Kier alpha value is -2.55. The molecule has 2 aromatic carbocycles. The van der Waals surface area contributed by atoms with Crippen LogP contribution >= 0.6 is 0 Å². The molecule has 0 unspecified atom stereocenters. The molecule has 1 aromatic heterocycles. The van der Waals surface area contributed by atoms with Crippen LogP contribution in [-0.4, -0.2) is 54.0 Å². The molecule has 0 aliphatic carbocycles. The van der Waals surface area contributed by atoms with Crippen molar-refractivity contribution < 1.29 is 13.5 Å². The van der Waals surface area contributed by atoms with E-state index in [2.05, 4.69) is 9.97 Å². The summed E-state index contributed by atoms with van der Waals surface area (Å²) in [6, 6.07) is 13.0. The number of aliphatic hydroxyl groups excluding tert-OH is 1. The predicted octanol–water partition coefficient (Wildman–Crippen LogP) is 1.63. The van der Waals surface area contributed by atoms with Crippen LogP contribution in [0.4, 0.5) is 5.95 Å². The molecule has 140 valence electrons. The first kappa shape index (κ1) is 17.8. The van der Waals surface area contributed by atoms with Crippen molar-refractivity contribution in [2.45, 2.75) is 11.5 Å². The Bertz CT molecular complexity index is 1050. The van der Waals surface area contributed by atoms with Crippen LogP contribution in [0.2, 0.25) is 0 Å². The summed E-state index contributed by atoms with van der Waals surface area (Å²) in [5.41, 5.74) is 0.649. The van der Waals surface area contributed by atoms with Crippen LogP contribution in [0.5, 0.6) is 0 Å². The van der Waals surface area contributed by atoms with Crippen LogP contribution in [0.3, 0.4) is 0 Å². The molecule has 1 aliphatic rings. The lowest BCUT2D eigenvalue weighted by molar-refractivity contribution is 0.281. The third-order valence-corrected chi connectivity index (χ3v) is 6.65. The van der Waals surface area contributed by atoms with Gasteiger partial charge in [-0.3, -0.25) is 0 Å². The van der Waals surface area contributed by atoms with E-state index < -0.39 is 10.0 Å². The normalized spacial score (nSPS) is 16.0. The molecule has 1 N–H and O–H groups in total. The third-order valence-electron chi connectivity index (χ3n) is 4.75. The van der Waals surface area contributed by atoms with Crippen molar-refractivity contribution in [3.8, 4) is 0 Å². The van der Waals surface area contributed by atoms with Crippen LogP contribution in [0.1, 0.15) is 5.56 Å². The van der Waals surface area contributed by atoms with E-state index in [0.29, 0.717) is 42.6 Å². The Labute approximate surface area is 158 Å². The van der Waals surface area contributed by atoms with Crippen molar-refractivity contribution in [3.63, 3.8) is 0 Å². The van der Waals surface area contributed by atoms with E-state index in [4.69, 9.17) is 5.11 Å². The second-order valence-electron chi connectivity index (χ2n) is 6.45. The van der Waals surface area contributed by atoms with Crippen LogP contribution in [-0.2, 0) is 16.6 Å². The SMILES string of the molecule is O=S(=O)(c1ccc2ccccc2c1)N1CCN(c2ncc(CO)cn2)CC1. The quantitative estimate of drug-likeness (QED) is 0.736. The number of rotatable bonds is 4. The summed E-state index contributed by atoms with van der Waals surface area (Å²) in [5.74, 6) is 0.551. The molecule has 0 amide bonds. The predicted molar refractivity (Wildman–Crippen MR) is 103 cm³/mol.